The molecule has 0 fully saturated rings. The minimum atomic E-state index is -0.278. The maximum absolute atomic E-state index is 12.7. The number of carbonyl (C=O) groups is 1. The van der Waals surface area contributed by atoms with E-state index in [-0.39, 0.29) is 5.91 Å². The average molecular weight is 388 g/mol. The first kappa shape index (κ1) is 17.7. The van der Waals surface area contributed by atoms with Crippen molar-refractivity contribution in [3.63, 3.8) is 0 Å². The molecule has 0 spiro atoms. The van der Waals surface area contributed by atoms with Crippen molar-refractivity contribution in [1.82, 2.24) is 20.3 Å². The van der Waals surface area contributed by atoms with E-state index in [1.807, 2.05) is 18.2 Å². The Labute approximate surface area is 165 Å². The number of hydrogen-bond acceptors (Lipinski definition) is 4. The predicted molar refractivity (Wildman–Crippen MR) is 107 cm³/mol. The van der Waals surface area contributed by atoms with E-state index in [9.17, 15) is 4.79 Å². The van der Waals surface area contributed by atoms with Crippen LogP contribution in [0, 0.1) is 11.3 Å². The summed E-state index contributed by atoms with van der Waals surface area (Å²) in [6.45, 7) is 0.349. The highest BCUT2D eigenvalue weighted by molar-refractivity contribution is 6.32. The van der Waals surface area contributed by atoms with Gasteiger partial charge in [-0.2, -0.15) is 5.26 Å². The zero-order valence-electron chi connectivity index (χ0n) is 14.6. The number of imidazole rings is 1. The van der Waals surface area contributed by atoms with E-state index in [2.05, 4.69) is 26.3 Å². The number of halogens is 1. The number of carbonyl (C=O) groups excluding carboxylic acids is 1. The number of aromatic nitrogens is 3. The summed E-state index contributed by atoms with van der Waals surface area (Å²) in [5, 5.41) is 12.4. The number of amides is 1. The molecule has 2 heterocycles. The Morgan fingerprint density at radius 2 is 2.11 bits per heavy atom. The van der Waals surface area contributed by atoms with Crippen molar-refractivity contribution in [3.05, 3.63) is 82.6 Å². The summed E-state index contributed by atoms with van der Waals surface area (Å²) in [4.78, 5) is 24.5. The van der Waals surface area contributed by atoms with Crippen LogP contribution in [0.5, 0.6) is 0 Å². The van der Waals surface area contributed by atoms with Gasteiger partial charge in [-0.1, -0.05) is 29.8 Å². The molecule has 0 aliphatic carbocycles. The lowest BCUT2D eigenvalue weighted by atomic mass is 10.1. The van der Waals surface area contributed by atoms with E-state index >= 15 is 0 Å². The number of benzene rings is 2. The fourth-order valence-electron chi connectivity index (χ4n) is 2.91. The van der Waals surface area contributed by atoms with Gasteiger partial charge in [0.05, 0.1) is 22.7 Å². The normalized spacial score (nSPS) is 10.6. The molecular weight excluding hydrogens is 374 g/mol. The van der Waals surface area contributed by atoms with Crippen LogP contribution in [0.2, 0.25) is 5.02 Å². The van der Waals surface area contributed by atoms with Crippen LogP contribution in [-0.4, -0.2) is 20.9 Å². The Hall–Kier alpha value is -3.69. The molecule has 2 aromatic carbocycles. The lowest BCUT2D eigenvalue weighted by Gasteiger charge is -2.06. The molecule has 1 amide bonds. The summed E-state index contributed by atoms with van der Waals surface area (Å²) >= 11 is 6.21. The molecule has 2 aromatic heterocycles. The van der Waals surface area contributed by atoms with Crippen LogP contribution >= 0.6 is 11.6 Å². The van der Waals surface area contributed by atoms with Gasteiger partial charge in [0.15, 0.2) is 0 Å². The largest absolute Gasteiger partial charge is 0.348 e. The molecule has 0 saturated carbocycles. The van der Waals surface area contributed by atoms with Gasteiger partial charge in [-0.25, -0.2) is 4.98 Å². The number of H-pyrrole nitrogens is 1. The Balaban J connectivity index is 1.69. The number of pyridine rings is 1. The molecule has 0 saturated heterocycles. The van der Waals surface area contributed by atoms with E-state index in [4.69, 9.17) is 16.9 Å². The number of nitrogens with one attached hydrogen (secondary N) is 2. The molecule has 0 atom stereocenters. The third-order valence-corrected chi connectivity index (χ3v) is 4.46. The van der Waals surface area contributed by atoms with E-state index in [1.54, 1.807) is 42.7 Å². The lowest BCUT2D eigenvalue weighted by Crippen LogP contribution is -2.23. The third kappa shape index (κ3) is 3.56. The quantitative estimate of drug-likeness (QED) is 0.551. The third-order valence-electron chi connectivity index (χ3n) is 4.24. The topological polar surface area (TPSA) is 94.5 Å². The molecule has 4 aromatic rings. The van der Waals surface area contributed by atoms with E-state index < -0.39 is 0 Å². The zero-order chi connectivity index (χ0) is 19.5. The number of rotatable bonds is 4. The van der Waals surface area contributed by atoms with Gasteiger partial charge in [0, 0.05) is 29.5 Å². The fourth-order valence-corrected chi connectivity index (χ4v) is 3.13. The second kappa shape index (κ2) is 7.51. The number of hydrogen-bond donors (Lipinski definition) is 2. The summed E-state index contributed by atoms with van der Waals surface area (Å²) in [5.74, 6) is 0.288. The Bertz CT molecular complexity index is 1210. The Morgan fingerprint density at radius 1 is 1.21 bits per heavy atom. The summed E-state index contributed by atoms with van der Waals surface area (Å²) in [5.41, 5.74) is 3.73. The summed E-state index contributed by atoms with van der Waals surface area (Å²) in [6, 6.07) is 16.2. The van der Waals surface area contributed by atoms with Crippen molar-refractivity contribution >= 4 is 28.5 Å². The second-order valence-electron chi connectivity index (χ2n) is 6.17. The molecule has 2 N–H and O–H groups in total. The summed E-state index contributed by atoms with van der Waals surface area (Å²) < 4.78 is 0. The van der Waals surface area contributed by atoms with Crippen molar-refractivity contribution in [3.8, 4) is 17.5 Å². The molecule has 7 heteroatoms. The Morgan fingerprint density at radius 3 is 2.89 bits per heavy atom. The molecule has 0 aliphatic heterocycles. The number of nitrogens with zero attached hydrogens (tertiary/aromatic N) is 3. The molecule has 0 unspecified atom stereocenters. The van der Waals surface area contributed by atoms with Gasteiger partial charge in [0.1, 0.15) is 11.3 Å². The van der Waals surface area contributed by atoms with E-state index in [1.165, 1.54) is 0 Å². The molecule has 136 valence electrons. The van der Waals surface area contributed by atoms with Crippen LogP contribution < -0.4 is 5.32 Å². The van der Waals surface area contributed by atoms with Crippen LogP contribution in [0.15, 0.2) is 60.9 Å². The van der Waals surface area contributed by atoms with Gasteiger partial charge in [-0.3, -0.25) is 9.78 Å². The summed E-state index contributed by atoms with van der Waals surface area (Å²) in [6.07, 6.45) is 3.38. The van der Waals surface area contributed by atoms with Crippen LogP contribution in [0.25, 0.3) is 22.4 Å². The Kier molecular flexibility index (Phi) is 4.75. The minimum Gasteiger partial charge on any atom is -0.348 e. The van der Waals surface area contributed by atoms with Crippen molar-refractivity contribution in [1.29, 1.82) is 5.26 Å². The molecule has 0 aliphatic rings. The molecule has 6 nitrogen and oxygen atoms in total. The number of fused-ring (bicyclic) bond motifs is 1. The fraction of sp³-hybridized carbons (Fsp3) is 0.0476. The predicted octanol–water partition coefficient (Wildman–Crippen LogP) is 4.08. The van der Waals surface area contributed by atoms with Gasteiger partial charge in [-0.15, -0.1) is 0 Å². The summed E-state index contributed by atoms with van der Waals surface area (Å²) in [7, 11) is 0. The van der Waals surface area contributed by atoms with Crippen LogP contribution in [-0.2, 0) is 6.54 Å². The second-order valence-corrected chi connectivity index (χ2v) is 6.61. The molecule has 28 heavy (non-hydrogen) atoms. The number of nitriles is 1. The molecule has 0 bridgehead atoms. The van der Waals surface area contributed by atoms with Crippen LogP contribution in [0.1, 0.15) is 21.5 Å². The highest BCUT2D eigenvalue weighted by Gasteiger charge is 2.16. The highest BCUT2D eigenvalue weighted by Crippen LogP contribution is 2.26. The highest BCUT2D eigenvalue weighted by atomic mass is 35.5. The first-order valence-electron chi connectivity index (χ1n) is 8.51. The first-order chi connectivity index (χ1) is 13.6. The van der Waals surface area contributed by atoms with Gasteiger partial charge < -0.3 is 10.3 Å². The standard InChI is InChI=1S/C21H14ClN5O/c22-16-8-17(21(28)25-12-14-4-2-6-24-11-14)19-18(9-16)26-20(27-19)15-5-1-3-13(7-15)10-23/h1-9,11H,12H2,(H,25,28)(H,26,27). The number of aromatic amines is 1. The maximum Gasteiger partial charge on any atom is 0.253 e. The van der Waals surface area contributed by atoms with Crippen molar-refractivity contribution in [2.24, 2.45) is 0 Å². The van der Waals surface area contributed by atoms with Gasteiger partial charge in [-0.05, 0) is 35.9 Å². The molecule has 4 rings (SSSR count). The van der Waals surface area contributed by atoms with Crippen molar-refractivity contribution < 1.29 is 4.79 Å². The monoisotopic (exact) mass is 387 g/mol. The molecule has 0 radical (unpaired) electrons. The average Bonchev–Trinajstić information content (AvgIpc) is 3.16. The zero-order valence-corrected chi connectivity index (χ0v) is 15.4. The first-order valence-corrected chi connectivity index (χ1v) is 8.89. The van der Waals surface area contributed by atoms with Crippen LogP contribution in [0.3, 0.4) is 0 Å². The van der Waals surface area contributed by atoms with E-state index in [0.29, 0.717) is 39.6 Å². The van der Waals surface area contributed by atoms with Gasteiger partial charge in [0.25, 0.3) is 5.91 Å². The molecular formula is C21H14ClN5O. The van der Waals surface area contributed by atoms with Gasteiger partial charge >= 0.3 is 0 Å². The van der Waals surface area contributed by atoms with Crippen LogP contribution in [0.4, 0.5) is 0 Å². The van der Waals surface area contributed by atoms with Crippen molar-refractivity contribution in [2.75, 3.05) is 0 Å². The lowest BCUT2D eigenvalue weighted by molar-refractivity contribution is 0.0952. The van der Waals surface area contributed by atoms with Crippen molar-refractivity contribution in [2.45, 2.75) is 6.54 Å². The SMILES string of the molecule is N#Cc1cccc(-c2nc3c(C(=O)NCc4cccnc4)cc(Cl)cc3[nH]2)c1. The van der Waals surface area contributed by atoms with Gasteiger partial charge in [0.2, 0.25) is 0 Å². The smallest absolute Gasteiger partial charge is 0.253 e. The maximum atomic E-state index is 12.7. The minimum absolute atomic E-state index is 0.278. The van der Waals surface area contributed by atoms with E-state index in [0.717, 1.165) is 11.1 Å².